The number of fused-ring (bicyclic) bond motifs is 3. The summed E-state index contributed by atoms with van der Waals surface area (Å²) in [6.07, 6.45) is 10.1. The largest absolute Gasteiger partial charge is 0.324 e. The Bertz CT molecular complexity index is 3200. The molecule has 2 N–H and O–H groups in total. The molecule has 3 fully saturated rings. The van der Waals surface area contributed by atoms with E-state index in [0.29, 0.717) is 59.0 Å². The number of halogens is 1. The van der Waals surface area contributed by atoms with Crippen LogP contribution in [0.5, 0.6) is 0 Å². The summed E-state index contributed by atoms with van der Waals surface area (Å²) in [7, 11) is -6.96. The second-order valence-corrected chi connectivity index (χ2v) is 22.7. The minimum Gasteiger partial charge on any atom is -0.324 e. The van der Waals surface area contributed by atoms with Crippen molar-refractivity contribution in [2.24, 2.45) is 11.8 Å². The molecule has 0 radical (unpaired) electrons. The first-order valence-electron chi connectivity index (χ1n) is 22.2. The molecule has 65 heavy (non-hydrogen) atoms. The number of pyridine rings is 1. The van der Waals surface area contributed by atoms with Crippen molar-refractivity contribution < 1.29 is 21.6 Å². The molecule has 0 saturated heterocycles. The molecule has 3 saturated carbocycles. The van der Waals surface area contributed by atoms with Crippen LogP contribution in [0, 0.1) is 25.7 Å². The Morgan fingerprint density at radius 3 is 2.08 bits per heavy atom. The summed E-state index contributed by atoms with van der Waals surface area (Å²) in [5.41, 5.74) is 3.65. The van der Waals surface area contributed by atoms with Gasteiger partial charge in [-0.15, -0.1) is 0 Å². The first-order valence-corrected chi connectivity index (χ1v) is 25.9. The van der Waals surface area contributed by atoms with Crippen LogP contribution in [0.25, 0.3) is 11.0 Å². The number of anilines is 5. The Morgan fingerprint density at radius 2 is 1.42 bits per heavy atom. The molecule has 6 aromatic rings. The van der Waals surface area contributed by atoms with E-state index in [1.54, 1.807) is 78.5 Å². The average Bonchev–Trinajstić information content (AvgIpc) is 3.55. The van der Waals surface area contributed by atoms with E-state index in [9.17, 15) is 26.4 Å². The normalized spacial score (nSPS) is 21.9. The van der Waals surface area contributed by atoms with Crippen molar-refractivity contribution in [3.05, 3.63) is 123 Å². The zero-order valence-electron chi connectivity index (χ0n) is 36.3. The molecular weight excluding hydrogens is 884 g/mol. The number of nitrogens with zero attached hydrogens (tertiary/aromatic N) is 6. The number of rotatable bonds is 12. The van der Waals surface area contributed by atoms with Crippen LogP contribution in [-0.4, -0.2) is 59.0 Å². The fourth-order valence-electron chi connectivity index (χ4n) is 10.6. The Kier molecular flexibility index (Phi) is 10.8. The van der Waals surface area contributed by atoms with Gasteiger partial charge in [0.1, 0.15) is 16.5 Å². The summed E-state index contributed by atoms with van der Waals surface area (Å²) in [5.74, 6) is 1.38. The van der Waals surface area contributed by atoms with E-state index in [0.717, 1.165) is 48.8 Å². The highest BCUT2D eigenvalue weighted by atomic mass is 35.5. The van der Waals surface area contributed by atoms with Crippen LogP contribution in [0.2, 0.25) is 5.02 Å². The number of benzene rings is 3. The van der Waals surface area contributed by atoms with Crippen molar-refractivity contribution in [3.63, 3.8) is 0 Å². The van der Waals surface area contributed by atoms with E-state index < -0.39 is 25.1 Å². The molecule has 336 valence electrons. The van der Waals surface area contributed by atoms with Crippen LogP contribution >= 0.6 is 11.6 Å². The number of sulfone groups is 2. The smallest absolute Gasteiger partial charge is 0.271 e. The van der Waals surface area contributed by atoms with E-state index in [4.69, 9.17) is 26.6 Å². The molecule has 1 spiro atoms. The van der Waals surface area contributed by atoms with E-state index >= 15 is 0 Å². The van der Waals surface area contributed by atoms with Gasteiger partial charge in [0.05, 0.1) is 26.7 Å². The average molecular weight is 934 g/mol. The van der Waals surface area contributed by atoms with Crippen molar-refractivity contribution in [3.8, 4) is 0 Å². The lowest BCUT2D eigenvalue weighted by Crippen LogP contribution is -2.40. The molecule has 3 aromatic heterocycles. The van der Waals surface area contributed by atoms with Gasteiger partial charge in [0.15, 0.2) is 19.7 Å². The van der Waals surface area contributed by atoms with Gasteiger partial charge in [0.25, 0.3) is 5.56 Å². The van der Waals surface area contributed by atoms with Gasteiger partial charge in [-0.1, -0.05) is 61.7 Å². The molecule has 1 aliphatic heterocycles. The van der Waals surface area contributed by atoms with Crippen LogP contribution in [0.15, 0.2) is 99.8 Å². The van der Waals surface area contributed by atoms with E-state index in [1.807, 2.05) is 36.9 Å². The van der Waals surface area contributed by atoms with Crippen molar-refractivity contribution in [1.29, 1.82) is 0 Å². The molecule has 10 rings (SSSR count). The Labute approximate surface area is 382 Å². The molecule has 14 nitrogen and oxygen atoms in total. The maximum absolute atomic E-state index is 14.9. The van der Waals surface area contributed by atoms with Gasteiger partial charge in [-0.2, -0.15) is 9.97 Å². The summed E-state index contributed by atoms with van der Waals surface area (Å²) in [4.78, 5) is 50.3. The predicted molar refractivity (Wildman–Crippen MR) is 251 cm³/mol. The Balaban J connectivity index is 0.905. The highest BCUT2D eigenvalue weighted by molar-refractivity contribution is 7.91. The fraction of sp³-hybridized carbons (Fsp3) is 0.375. The molecule has 0 bridgehead atoms. The maximum Gasteiger partial charge on any atom is 0.271 e. The molecule has 17 heteroatoms. The molecule has 4 heterocycles. The molecule has 3 aliphatic carbocycles. The minimum absolute atomic E-state index is 0.00157. The van der Waals surface area contributed by atoms with Crippen molar-refractivity contribution in [2.45, 2.75) is 105 Å². The van der Waals surface area contributed by atoms with Gasteiger partial charge in [-0.25, -0.2) is 26.8 Å². The van der Waals surface area contributed by atoms with Crippen molar-refractivity contribution >= 4 is 77.3 Å². The second kappa shape index (κ2) is 16.3. The Hall–Kier alpha value is -5.71. The lowest BCUT2D eigenvalue weighted by Gasteiger charge is -2.25. The van der Waals surface area contributed by atoms with Gasteiger partial charge >= 0.3 is 0 Å². The van der Waals surface area contributed by atoms with Crippen LogP contribution in [0.3, 0.4) is 0 Å². The highest BCUT2D eigenvalue weighted by Gasteiger charge is 2.70. The first-order chi connectivity index (χ1) is 31.2. The van der Waals surface area contributed by atoms with Crippen molar-refractivity contribution in [1.82, 2.24) is 24.5 Å². The predicted octanol–water partition coefficient (Wildman–Crippen LogP) is 8.69. The zero-order chi connectivity index (χ0) is 45.4. The van der Waals surface area contributed by atoms with Gasteiger partial charge in [-0.3, -0.25) is 19.1 Å². The number of aryl methyl sites for hydroxylation is 2. The summed E-state index contributed by atoms with van der Waals surface area (Å²) >= 11 is 6.57. The standard InChI is InChI=1S/C48H49ClN8O6S2/c1-4-64(60,61)35-16-18-40(28(2)20-35)52-46-50-25-32-23-39(49)44(58)56(42(32)54-46)34-15-14-31(22-34)37-24-48(37)38-26-51-47(55-43(38)57(45(48)59)33-12-8-9-13-33)53-41-19-17-36(21-29(41)3)65(62,63)27-30-10-6-5-7-11-30/h5-7,10-11,16-21,23,25-26,31,33-34,37H,4,8-9,12-15,22,24,27H2,1-3H3,(H,50,52,54)(H,51,53,55). The van der Waals surface area contributed by atoms with E-state index in [-0.39, 0.29) is 67.7 Å². The number of amides is 1. The van der Waals surface area contributed by atoms with E-state index in [1.165, 1.54) is 0 Å². The van der Waals surface area contributed by atoms with E-state index in [2.05, 4.69) is 15.6 Å². The van der Waals surface area contributed by atoms with Crippen molar-refractivity contribution in [2.75, 3.05) is 21.3 Å². The first kappa shape index (κ1) is 43.2. The monoisotopic (exact) mass is 932 g/mol. The molecule has 3 aromatic carbocycles. The molecule has 4 aliphatic rings. The van der Waals surface area contributed by atoms with Gasteiger partial charge < -0.3 is 10.6 Å². The molecule has 1 amide bonds. The fourth-order valence-corrected chi connectivity index (χ4v) is 13.2. The lowest BCUT2D eigenvalue weighted by molar-refractivity contribution is -0.121. The topological polar surface area (TPSA) is 186 Å². The number of carbonyl (C=O) groups excluding carboxylic acids is 1. The maximum atomic E-state index is 14.9. The third-order valence-corrected chi connectivity index (χ3v) is 17.8. The lowest BCUT2D eigenvalue weighted by atomic mass is 9.89. The third kappa shape index (κ3) is 7.66. The number of nitrogens with one attached hydrogen (secondary N) is 2. The van der Waals surface area contributed by atoms with Gasteiger partial charge in [0.2, 0.25) is 17.8 Å². The van der Waals surface area contributed by atoms with Crippen LogP contribution in [0.1, 0.15) is 86.6 Å². The van der Waals surface area contributed by atoms with Gasteiger partial charge in [0, 0.05) is 46.8 Å². The third-order valence-electron chi connectivity index (χ3n) is 14.1. The summed E-state index contributed by atoms with van der Waals surface area (Å²) < 4.78 is 53.3. The highest BCUT2D eigenvalue weighted by Crippen LogP contribution is 2.67. The molecular formula is C48H49ClN8O6S2. The number of carbonyl (C=O) groups is 1. The number of aromatic nitrogens is 5. The SMILES string of the molecule is CCS(=O)(=O)c1ccc(Nc2ncc3cc(Cl)c(=O)n(C4CCC(C5CC56C(=O)N(C5CCCC5)c5nc(Nc7ccc(S(=O)(=O)Cc8ccccc8)cc7C)ncc56)C4)c3n2)c(C)c1. The summed E-state index contributed by atoms with van der Waals surface area (Å²) in [6, 6.07) is 20.4. The minimum atomic E-state index is -3.58. The molecule has 4 atom stereocenters. The summed E-state index contributed by atoms with van der Waals surface area (Å²) in [6.45, 7) is 5.27. The quantitative estimate of drug-likeness (QED) is 0.119. The number of hydrogen-bond acceptors (Lipinski definition) is 12. The summed E-state index contributed by atoms with van der Waals surface area (Å²) in [5, 5.41) is 7.21. The van der Waals surface area contributed by atoms with Crippen LogP contribution in [-0.2, 0) is 35.6 Å². The zero-order valence-corrected chi connectivity index (χ0v) is 38.7. The Morgan fingerprint density at radius 1 is 0.769 bits per heavy atom. The number of hydrogen-bond donors (Lipinski definition) is 2. The van der Waals surface area contributed by atoms with Gasteiger partial charge in [-0.05, 0) is 123 Å². The molecule has 4 unspecified atom stereocenters. The second-order valence-electron chi connectivity index (χ2n) is 18.0. The van der Waals surface area contributed by atoms with Crippen LogP contribution < -0.4 is 21.1 Å². The van der Waals surface area contributed by atoms with Crippen LogP contribution in [0.4, 0.5) is 29.1 Å².